The molecule has 100 valence electrons. The van der Waals surface area contributed by atoms with E-state index in [1.807, 2.05) is 6.92 Å². The molecule has 5 heteroatoms. The first kappa shape index (κ1) is 14.0. The van der Waals surface area contributed by atoms with E-state index in [-0.39, 0.29) is 5.82 Å². The topological polar surface area (TPSA) is 42.4 Å². The summed E-state index contributed by atoms with van der Waals surface area (Å²) < 4.78 is 19.3. The fourth-order valence-corrected chi connectivity index (χ4v) is 1.87. The fraction of sp³-hybridized carbons (Fsp3) is 0.214. The van der Waals surface area contributed by atoms with Crippen LogP contribution in [0.25, 0.3) is 0 Å². The van der Waals surface area contributed by atoms with Crippen molar-refractivity contribution in [3.8, 4) is 11.5 Å². The minimum absolute atomic E-state index is 0.371. The quantitative estimate of drug-likeness (QED) is 0.915. The molecule has 0 radical (unpaired) electrons. The highest BCUT2D eigenvalue weighted by atomic mass is 79.9. The van der Waals surface area contributed by atoms with Crippen molar-refractivity contribution < 1.29 is 14.2 Å². The van der Waals surface area contributed by atoms with Gasteiger partial charge < -0.3 is 9.84 Å². The molecule has 19 heavy (non-hydrogen) atoms. The molecule has 0 aliphatic rings. The predicted molar refractivity (Wildman–Crippen MR) is 73.7 cm³/mol. The van der Waals surface area contributed by atoms with Crippen molar-refractivity contribution in [2.75, 3.05) is 0 Å². The molecular weight excluding hydrogens is 313 g/mol. The monoisotopic (exact) mass is 325 g/mol. The van der Waals surface area contributed by atoms with Crippen molar-refractivity contribution in [3.05, 3.63) is 52.5 Å². The molecule has 1 N–H and O–H groups in total. The van der Waals surface area contributed by atoms with Gasteiger partial charge >= 0.3 is 0 Å². The second-order valence-electron chi connectivity index (χ2n) is 4.02. The molecule has 2 rings (SSSR count). The summed E-state index contributed by atoms with van der Waals surface area (Å²) in [6, 6.07) is 7.59. The van der Waals surface area contributed by atoms with E-state index in [0.717, 1.165) is 0 Å². The van der Waals surface area contributed by atoms with Gasteiger partial charge in [-0.3, -0.25) is 4.98 Å². The number of hydrogen-bond acceptors (Lipinski definition) is 3. The van der Waals surface area contributed by atoms with Crippen LogP contribution in [-0.2, 0) is 0 Å². The van der Waals surface area contributed by atoms with E-state index >= 15 is 0 Å². The Bertz CT molecular complexity index is 560. The Morgan fingerprint density at radius 3 is 2.79 bits per heavy atom. The van der Waals surface area contributed by atoms with Crippen LogP contribution in [0.1, 0.15) is 25.1 Å². The Kier molecular flexibility index (Phi) is 4.50. The predicted octanol–water partition coefficient (Wildman–Crippen LogP) is 4.22. The third-order valence-corrected chi connectivity index (χ3v) is 3.26. The first-order valence-corrected chi connectivity index (χ1v) is 6.66. The Labute approximate surface area is 119 Å². The van der Waals surface area contributed by atoms with Gasteiger partial charge in [-0.05, 0) is 46.6 Å². The molecule has 1 aromatic carbocycles. The Hall–Kier alpha value is -1.46. The van der Waals surface area contributed by atoms with Crippen molar-refractivity contribution in [2.45, 2.75) is 19.4 Å². The summed E-state index contributed by atoms with van der Waals surface area (Å²) in [6.07, 6.45) is 1.53. The lowest BCUT2D eigenvalue weighted by Gasteiger charge is -2.10. The SMILES string of the molecule is CCC(O)c1ccc(Oc2cc(F)ccc2Br)cn1. The van der Waals surface area contributed by atoms with Gasteiger partial charge in [-0.25, -0.2) is 4.39 Å². The zero-order valence-corrected chi connectivity index (χ0v) is 11.9. The Morgan fingerprint density at radius 2 is 2.16 bits per heavy atom. The minimum Gasteiger partial charge on any atom is -0.454 e. The number of halogens is 2. The van der Waals surface area contributed by atoms with Crippen LogP contribution in [0.2, 0.25) is 0 Å². The lowest BCUT2D eigenvalue weighted by Crippen LogP contribution is -1.98. The first-order valence-electron chi connectivity index (χ1n) is 5.87. The van der Waals surface area contributed by atoms with Gasteiger partial charge in [0.25, 0.3) is 0 Å². The van der Waals surface area contributed by atoms with Crippen LogP contribution in [0.3, 0.4) is 0 Å². The van der Waals surface area contributed by atoms with E-state index in [0.29, 0.717) is 28.1 Å². The summed E-state index contributed by atoms with van der Waals surface area (Å²) in [4.78, 5) is 4.11. The molecule has 0 aliphatic heterocycles. The molecule has 0 amide bonds. The smallest absolute Gasteiger partial charge is 0.145 e. The number of pyridine rings is 1. The summed E-state index contributed by atoms with van der Waals surface area (Å²) in [5.74, 6) is 0.494. The zero-order valence-electron chi connectivity index (χ0n) is 10.3. The van der Waals surface area contributed by atoms with Gasteiger partial charge in [0.05, 0.1) is 22.5 Å². The maximum Gasteiger partial charge on any atom is 0.145 e. The van der Waals surface area contributed by atoms with Gasteiger partial charge in [-0.1, -0.05) is 6.92 Å². The van der Waals surface area contributed by atoms with Crippen LogP contribution in [0.15, 0.2) is 41.0 Å². The Balaban J connectivity index is 2.17. The number of aliphatic hydroxyl groups excluding tert-OH is 1. The molecule has 0 fully saturated rings. The van der Waals surface area contributed by atoms with Gasteiger partial charge in [0.2, 0.25) is 0 Å². The number of nitrogens with zero attached hydrogens (tertiary/aromatic N) is 1. The number of rotatable bonds is 4. The molecular formula is C14H13BrFNO2. The highest BCUT2D eigenvalue weighted by Crippen LogP contribution is 2.30. The second-order valence-corrected chi connectivity index (χ2v) is 4.87. The van der Waals surface area contributed by atoms with Crippen LogP contribution in [0, 0.1) is 5.82 Å². The molecule has 0 saturated carbocycles. The first-order chi connectivity index (χ1) is 9.10. The molecule has 0 bridgehead atoms. The average molecular weight is 326 g/mol. The maximum absolute atomic E-state index is 13.1. The summed E-state index contributed by atoms with van der Waals surface area (Å²) in [7, 11) is 0. The molecule has 1 atom stereocenters. The average Bonchev–Trinajstić information content (AvgIpc) is 2.43. The van der Waals surface area contributed by atoms with Crippen LogP contribution in [-0.4, -0.2) is 10.1 Å². The van der Waals surface area contributed by atoms with Gasteiger partial charge in [0.15, 0.2) is 0 Å². The number of benzene rings is 1. The number of ether oxygens (including phenoxy) is 1. The molecule has 1 heterocycles. The normalized spacial score (nSPS) is 12.2. The highest BCUT2D eigenvalue weighted by Gasteiger charge is 2.08. The number of hydrogen-bond donors (Lipinski definition) is 1. The number of aromatic nitrogens is 1. The van der Waals surface area contributed by atoms with Crippen LogP contribution >= 0.6 is 15.9 Å². The van der Waals surface area contributed by atoms with Crippen molar-refractivity contribution in [2.24, 2.45) is 0 Å². The fourth-order valence-electron chi connectivity index (χ4n) is 1.54. The van der Waals surface area contributed by atoms with E-state index in [1.54, 1.807) is 18.2 Å². The van der Waals surface area contributed by atoms with Crippen molar-refractivity contribution in [1.29, 1.82) is 0 Å². The van der Waals surface area contributed by atoms with Gasteiger partial charge in [-0.15, -0.1) is 0 Å². The van der Waals surface area contributed by atoms with E-state index in [1.165, 1.54) is 18.3 Å². The van der Waals surface area contributed by atoms with Crippen LogP contribution in [0.5, 0.6) is 11.5 Å². The maximum atomic E-state index is 13.1. The molecule has 2 aromatic rings. The summed E-state index contributed by atoms with van der Waals surface area (Å²) in [5.41, 5.74) is 0.591. The van der Waals surface area contributed by atoms with E-state index in [2.05, 4.69) is 20.9 Å². The molecule has 0 spiro atoms. The molecule has 1 unspecified atom stereocenters. The second kappa shape index (κ2) is 6.12. The highest BCUT2D eigenvalue weighted by molar-refractivity contribution is 9.10. The summed E-state index contributed by atoms with van der Waals surface area (Å²) in [6.45, 7) is 1.88. The standard InChI is InChI=1S/C14H13BrFNO2/c1-2-13(18)12-6-4-10(8-17-12)19-14-7-9(16)3-5-11(14)15/h3-8,13,18H,2H2,1H3. The number of aliphatic hydroxyl groups is 1. The third-order valence-electron chi connectivity index (χ3n) is 2.61. The van der Waals surface area contributed by atoms with Crippen molar-refractivity contribution >= 4 is 15.9 Å². The third kappa shape index (κ3) is 3.52. The molecule has 0 aliphatic carbocycles. The molecule has 0 saturated heterocycles. The van der Waals surface area contributed by atoms with Crippen LogP contribution < -0.4 is 4.74 Å². The lowest BCUT2D eigenvalue weighted by molar-refractivity contribution is 0.169. The van der Waals surface area contributed by atoms with E-state index < -0.39 is 6.10 Å². The van der Waals surface area contributed by atoms with E-state index in [4.69, 9.17) is 4.74 Å². The van der Waals surface area contributed by atoms with Gasteiger partial charge in [0.1, 0.15) is 17.3 Å². The van der Waals surface area contributed by atoms with Gasteiger partial charge in [0, 0.05) is 6.07 Å². The summed E-state index contributed by atoms with van der Waals surface area (Å²) >= 11 is 3.28. The van der Waals surface area contributed by atoms with E-state index in [9.17, 15) is 9.50 Å². The molecule has 3 nitrogen and oxygen atoms in total. The van der Waals surface area contributed by atoms with Crippen LogP contribution in [0.4, 0.5) is 4.39 Å². The van der Waals surface area contributed by atoms with Crippen molar-refractivity contribution in [3.63, 3.8) is 0 Å². The summed E-state index contributed by atoms with van der Waals surface area (Å²) in [5, 5.41) is 9.63. The largest absolute Gasteiger partial charge is 0.454 e. The Morgan fingerprint density at radius 1 is 1.37 bits per heavy atom. The van der Waals surface area contributed by atoms with Gasteiger partial charge in [-0.2, -0.15) is 0 Å². The molecule has 1 aromatic heterocycles. The zero-order chi connectivity index (χ0) is 13.8. The lowest BCUT2D eigenvalue weighted by atomic mass is 10.2. The minimum atomic E-state index is -0.574. The van der Waals surface area contributed by atoms with Crippen molar-refractivity contribution in [1.82, 2.24) is 4.98 Å².